The van der Waals surface area contributed by atoms with Crippen LogP contribution in [0.4, 0.5) is 11.4 Å². The zero-order valence-electron chi connectivity index (χ0n) is 14.1. The lowest BCUT2D eigenvalue weighted by molar-refractivity contribution is 0.0810. The van der Waals surface area contributed by atoms with Crippen LogP contribution in [0.3, 0.4) is 0 Å². The molecule has 10 nitrogen and oxygen atoms in total. The van der Waals surface area contributed by atoms with Gasteiger partial charge in [0.25, 0.3) is 5.91 Å². The van der Waals surface area contributed by atoms with Gasteiger partial charge in [-0.1, -0.05) is 11.2 Å². The van der Waals surface area contributed by atoms with Crippen LogP contribution in [0.2, 0.25) is 0 Å². The fourth-order valence-corrected chi connectivity index (χ4v) is 3.31. The molecule has 0 fully saturated rings. The van der Waals surface area contributed by atoms with Crippen molar-refractivity contribution in [2.24, 2.45) is 10.1 Å². The minimum absolute atomic E-state index is 0.0193. The van der Waals surface area contributed by atoms with E-state index in [9.17, 15) is 9.36 Å². The van der Waals surface area contributed by atoms with Crippen LogP contribution in [0, 0.1) is 0 Å². The van der Waals surface area contributed by atoms with E-state index in [2.05, 4.69) is 15.0 Å². The number of nitrogens with zero attached hydrogens (tertiary/aromatic N) is 5. The summed E-state index contributed by atoms with van der Waals surface area (Å²) in [4.78, 5) is 20.8. The van der Waals surface area contributed by atoms with Crippen molar-refractivity contribution in [2.75, 3.05) is 26.8 Å². The molecule has 0 spiro atoms. The van der Waals surface area contributed by atoms with Gasteiger partial charge >= 0.3 is 7.82 Å². The molecule has 0 saturated carbocycles. The summed E-state index contributed by atoms with van der Waals surface area (Å²) in [5, 5.41) is 3.48. The number of fused-ring (bicyclic) bond motifs is 1. The van der Waals surface area contributed by atoms with Crippen LogP contribution >= 0.6 is 7.82 Å². The minimum Gasteiger partial charge on any atom is -0.388 e. The average Bonchev–Trinajstić information content (AvgIpc) is 2.66. The number of hydrogen-bond acceptors (Lipinski definition) is 7. The van der Waals surface area contributed by atoms with Gasteiger partial charge in [-0.3, -0.25) is 13.8 Å². The number of benzene rings is 1. The summed E-state index contributed by atoms with van der Waals surface area (Å²) in [7, 11) is -2.28. The number of likely N-dealkylation sites (N-methyl/N-ethyl adjacent to an activating group) is 1. The number of rotatable bonds is 6. The van der Waals surface area contributed by atoms with Crippen molar-refractivity contribution in [2.45, 2.75) is 13.8 Å². The monoisotopic (exact) mass is 367 g/mol. The Hall–Kier alpha value is -2.38. The normalized spacial score (nSPS) is 14.3. The highest BCUT2D eigenvalue weighted by molar-refractivity contribution is 7.49. The minimum atomic E-state index is -3.82. The fourth-order valence-electron chi connectivity index (χ4n) is 2.14. The maximum absolute atomic E-state index is 12.5. The van der Waals surface area contributed by atoms with Crippen molar-refractivity contribution < 1.29 is 22.9 Å². The zero-order valence-corrected chi connectivity index (χ0v) is 15.0. The number of aliphatic imine (C=N–C) groups is 1. The number of phosphoric acid groups is 1. The van der Waals surface area contributed by atoms with Gasteiger partial charge in [-0.05, 0) is 31.5 Å². The van der Waals surface area contributed by atoms with Gasteiger partial charge in [0.1, 0.15) is 0 Å². The summed E-state index contributed by atoms with van der Waals surface area (Å²) in [5.74, 6) is -0.314. The van der Waals surface area contributed by atoms with Crippen LogP contribution in [0.5, 0.6) is 0 Å². The molecule has 0 saturated heterocycles. The molecule has 0 unspecified atom stereocenters. The van der Waals surface area contributed by atoms with Crippen molar-refractivity contribution >= 4 is 31.0 Å². The third-order valence-electron chi connectivity index (χ3n) is 3.13. The van der Waals surface area contributed by atoms with E-state index in [-0.39, 0.29) is 42.8 Å². The predicted octanol–water partition coefficient (Wildman–Crippen LogP) is 3.94. The second-order valence-electron chi connectivity index (χ2n) is 4.93. The lowest BCUT2D eigenvalue weighted by Crippen LogP contribution is -2.31. The van der Waals surface area contributed by atoms with Crippen LogP contribution in [0.25, 0.3) is 10.4 Å². The first-order valence-electron chi connectivity index (χ1n) is 7.53. The van der Waals surface area contributed by atoms with E-state index in [0.29, 0.717) is 5.69 Å². The van der Waals surface area contributed by atoms with Crippen molar-refractivity contribution in [3.8, 4) is 0 Å². The first-order chi connectivity index (χ1) is 11.9. The Labute approximate surface area is 144 Å². The smallest absolute Gasteiger partial charge is 0.388 e. The highest BCUT2D eigenvalue weighted by atomic mass is 31.2. The molecule has 0 aromatic heterocycles. The molecule has 1 heterocycles. The summed E-state index contributed by atoms with van der Waals surface area (Å²) >= 11 is 0. The Bertz CT molecular complexity index is 780. The standard InChI is InChI=1S/C14H18N5O5P/c1-4-22-25(21,23-5-2)24-13-9-19(3)14(20)11-8-10(17-18-15)6-7-12(11)16-13/h6-8H,4-5,9H2,1-3H3. The van der Waals surface area contributed by atoms with Crippen LogP contribution in [0.15, 0.2) is 28.3 Å². The van der Waals surface area contributed by atoms with Crippen molar-refractivity contribution in [3.63, 3.8) is 0 Å². The second-order valence-corrected chi connectivity index (χ2v) is 6.53. The summed E-state index contributed by atoms with van der Waals surface area (Å²) in [6.07, 6.45) is 0. The summed E-state index contributed by atoms with van der Waals surface area (Å²) in [6, 6.07) is 4.47. The number of amides is 1. The van der Waals surface area contributed by atoms with Gasteiger partial charge in [0.15, 0.2) is 0 Å². The Morgan fingerprint density at radius 1 is 1.36 bits per heavy atom. The molecule has 1 aromatic rings. The van der Waals surface area contributed by atoms with Crippen LogP contribution < -0.4 is 0 Å². The molecule has 1 amide bonds. The number of hydrogen-bond donors (Lipinski definition) is 0. The molecular weight excluding hydrogens is 349 g/mol. The molecule has 0 aliphatic carbocycles. The molecule has 1 aliphatic heterocycles. The van der Waals surface area contributed by atoms with Gasteiger partial charge in [-0.2, -0.15) is 0 Å². The molecule has 0 radical (unpaired) electrons. The highest BCUT2D eigenvalue weighted by Crippen LogP contribution is 2.50. The van der Waals surface area contributed by atoms with Gasteiger partial charge in [0, 0.05) is 17.6 Å². The maximum Gasteiger partial charge on any atom is 0.531 e. The second kappa shape index (κ2) is 8.13. The van der Waals surface area contributed by atoms with E-state index in [1.807, 2.05) is 0 Å². The Balaban J connectivity index is 2.42. The van der Waals surface area contributed by atoms with Gasteiger partial charge in [-0.25, -0.2) is 9.56 Å². The van der Waals surface area contributed by atoms with Gasteiger partial charge in [0.05, 0.1) is 31.0 Å². The van der Waals surface area contributed by atoms with E-state index in [4.69, 9.17) is 19.1 Å². The molecular formula is C14H18N5O5P. The molecule has 0 N–H and O–H groups in total. The molecule has 134 valence electrons. The molecule has 25 heavy (non-hydrogen) atoms. The van der Waals surface area contributed by atoms with Crippen LogP contribution in [0.1, 0.15) is 24.2 Å². The Morgan fingerprint density at radius 2 is 2.04 bits per heavy atom. The Kier molecular flexibility index (Phi) is 6.17. The average molecular weight is 367 g/mol. The lowest BCUT2D eigenvalue weighted by atomic mass is 10.1. The van der Waals surface area contributed by atoms with Gasteiger partial charge < -0.3 is 9.42 Å². The molecule has 0 bridgehead atoms. The van der Waals surface area contributed by atoms with Crippen LogP contribution in [-0.2, 0) is 18.1 Å². The number of carbonyl (C=O) groups excluding carboxylic acids is 1. The number of carbonyl (C=O) groups is 1. The van der Waals surface area contributed by atoms with E-state index in [0.717, 1.165) is 0 Å². The number of azide groups is 1. The fraction of sp³-hybridized carbons (Fsp3) is 0.429. The Morgan fingerprint density at radius 3 is 2.64 bits per heavy atom. The first kappa shape index (κ1) is 19.0. The summed E-state index contributed by atoms with van der Waals surface area (Å²) in [6.45, 7) is 3.56. The third kappa shape index (κ3) is 4.58. The largest absolute Gasteiger partial charge is 0.531 e. The van der Waals surface area contributed by atoms with E-state index >= 15 is 0 Å². The quantitative estimate of drug-likeness (QED) is 0.326. The van der Waals surface area contributed by atoms with Gasteiger partial charge in [-0.15, -0.1) is 0 Å². The summed E-state index contributed by atoms with van der Waals surface area (Å²) in [5.41, 5.74) is 9.36. The number of phosphoric ester groups is 1. The molecule has 1 aliphatic rings. The molecule has 0 atom stereocenters. The highest BCUT2D eigenvalue weighted by Gasteiger charge is 2.32. The van der Waals surface area contributed by atoms with Crippen molar-refractivity contribution in [1.82, 2.24) is 4.90 Å². The predicted molar refractivity (Wildman–Crippen MR) is 91.2 cm³/mol. The topological polar surface area (TPSA) is 126 Å². The van der Waals surface area contributed by atoms with E-state index in [1.54, 1.807) is 20.9 Å². The SMILES string of the molecule is CCOP(=O)(OCC)OC1=Nc2ccc(N=[N+]=[N-])cc2C(=O)N(C)C1. The molecule has 1 aromatic carbocycles. The van der Waals surface area contributed by atoms with Crippen molar-refractivity contribution in [3.05, 3.63) is 34.2 Å². The van der Waals surface area contributed by atoms with Gasteiger partial charge in [0.2, 0.25) is 5.90 Å². The third-order valence-corrected chi connectivity index (χ3v) is 4.71. The first-order valence-corrected chi connectivity index (χ1v) is 8.99. The van der Waals surface area contributed by atoms with E-state index in [1.165, 1.54) is 23.1 Å². The van der Waals surface area contributed by atoms with E-state index < -0.39 is 7.82 Å². The van der Waals surface area contributed by atoms with Crippen LogP contribution in [-0.4, -0.2) is 43.5 Å². The zero-order chi connectivity index (χ0) is 18.4. The molecule has 11 heteroatoms. The molecule has 2 rings (SSSR count). The summed E-state index contributed by atoms with van der Waals surface area (Å²) < 4.78 is 28.1. The lowest BCUT2D eigenvalue weighted by Gasteiger charge is -2.20. The van der Waals surface area contributed by atoms with Crippen molar-refractivity contribution in [1.29, 1.82) is 0 Å². The maximum atomic E-state index is 12.5.